The average Bonchev–Trinajstić information content (AvgIpc) is 2.39. The van der Waals surface area contributed by atoms with Crippen LogP contribution in [-0.2, 0) is 0 Å². The molecule has 0 atom stereocenters. The largest absolute Gasteiger partial charge is 0.508 e. The number of phenols is 1. The SMILES string of the molecule is CCCN1CCN(C(=O)c2ccc(O)cc2C)CC1. The van der Waals surface area contributed by atoms with E-state index in [1.165, 1.54) is 0 Å². The van der Waals surface area contributed by atoms with Gasteiger partial charge in [-0.2, -0.15) is 0 Å². The molecule has 0 radical (unpaired) electrons. The van der Waals surface area contributed by atoms with Crippen LogP contribution in [0.1, 0.15) is 29.3 Å². The van der Waals surface area contributed by atoms with E-state index in [1.807, 2.05) is 11.8 Å². The molecule has 1 aromatic rings. The Bertz CT molecular complexity index is 451. The zero-order valence-electron chi connectivity index (χ0n) is 11.7. The van der Waals surface area contributed by atoms with Gasteiger partial charge in [0.05, 0.1) is 0 Å². The first-order chi connectivity index (χ1) is 9.11. The minimum Gasteiger partial charge on any atom is -0.508 e. The summed E-state index contributed by atoms with van der Waals surface area (Å²) in [6.45, 7) is 8.64. The maximum atomic E-state index is 12.4. The Kier molecular flexibility index (Phi) is 4.43. The fraction of sp³-hybridized carbons (Fsp3) is 0.533. The number of hydrogen-bond acceptors (Lipinski definition) is 3. The third kappa shape index (κ3) is 3.26. The van der Waals surface area contributed by atoms with Crippen LogP contribution in [0.4, 0.5) is 0 Å². The lowest BCUT2D eigenvalue weighted by Gasteiger charge is -2.34. The number of carbonyl (C=O) groups excluding carboxylic acids is 1. The van der Waals surface area contributed by atoms with Crippen LogP contribution < -0.4 is 0 Å². The molecule has 2 rings (SSSR count). The molecular weight excluding hydrogens is 240 g/mol. The van der Waals surface area contributed by atoms with Crippen molar-refractivity contribution >= 4 is 5.91 Å². The minimum absolute atomic E-state index is 0.0775. The van der Waals surface area contributed by atoms with Gasteiger partial charge in [0, 0.05) is 31.7 Å². The number of aryl methyl sites for hydroxylation is 1. The van der Waals surface area contributed by atoms with E-state index in [9.17, 15) is 9.90 Å². The fourth-order valence-corrected chi connectivity index (χ4v) is 2.55. The van der Waals surface area contributed by atoms with Gasteiger partial charge in [-0.05, 0) is 43.7 Å². The lowest BCUT2D eigenvalue weighted by molar-refractivity contribution is 0.0637. The molecule has 0 aliphatic carbocycles. The van der Waals surface area contributed by atoms with E-state index in [0.717, 1.165) is 44.7 Å². The summed E-state index contributed by atoms with van der Waals surface area (Å²) in [4.78, 5) is 16.7. The van der Waals surface area contributed by atoms with Gasteiger partial charge in [0.25, 0.3) is 5.91 Å². The molecule has 19 heavy (non-hydrogen) atoms. The molecule has 1 amide bonds. The summed E-state index contributed by atoms with van der Waals surface area (Å²) >= 11 is 0. The van der Waals surface area contributed by atoms with Crippen molar-refractivity contribution in [3.63, 3.8) is 0 Å². The molecule has 1 fully saturated rings. The first-order valence-electron chi connectivity index (χ1n) is 6.93. The van der Waals surface area contributed by atoms with Gasteiger partial charge < -0.3 is 10.0 Å². The predicted molar refractivity (Wildman–Crippen MR) is 75.5 cm³/mol. The summed E-state index contributed by atoms with van der Waals surface area (Å²) in [6.07, 6.45) is 1.16. The van der Waals surface area contributed by atoms with Crippen molar-refractivity contribution in [2.75, 3.05) is 32.7 Å². The average molecular weight is 262 g/mol. The highest BCUT2D eigenvalue weighted by molar-refractivity contribution is 5.95. The van der Waals surface area contributed by atoms with E-state index in [0.29, 0.717) is 5.56 Å². The zero-order valence-corrected chi connectivity index (χ0v) is 11.7. The minimum atomic E-state index is 0.0775. The maximum absolute atomic E-state index is 12.4. The molecule has 4 heteroatoms. The second-order valence-corrected chi connectivity index (χ2v) is 5.13. The Morgan fingerprint density at radius 1 is 1.26 bits per heavy atom. The zero-order chi connectivity index (χ0) is 13.8. The van der Waals surface area contributed by atoms with Crippen molar-refractivity contribution in [3.8, 4) is 5.75 Å². The molecule has 1 aliphatic heterocycles. The lowest BCUT2D eigenvalue weighted by Crippen LogP contribution is -2.48. The number of amides is 1. The van der Waals surface area contributed by atoms with Gasteiger partial charge in [0.15, 0.2) is 0 Å². The molecule has 1 aliphatic rings. The van der Waals surface area contributed by atoms with E-state index < -0.39 is 0 Å². The predicted octanol–water partition coefficient (Wildman–Crippen LogP) is 1.87. The molecule has 0 bridgehead atoms. The summed E-state index contributed by atoms with van der Waals surface area (Å²) in [7, 11) is 0. The van der Waals surface area contributed by atoms with E-state index in [2.05, 4.69) is 11.8 Å². The molecular formula is C15H22N2O2. The summed E-state index contributed by atoms with van der Waals surface area (Å²) in [5, 5.41) is 9.39. The highest BCUT2D eigenvalue weighted by Gasteiger charge is 2.22. The summed E-state index contributed by atoms with van der Waals surface area (Å²) in [5.41, 5.74) is 1.53. The van der Waals surface area contributed by atoms with Crippen molar-refractivity contribution in [2.24, 2.45) is 0 Å². The summed E-state index contributed by atoms with van der Waals surface area (Å²) in [5.74, 6) is 0.287. The molecule has 0 spiro atoms. The first kappa shape index (κ1) is 13.9. The monoisotopic (exact) mass is 262 g/mol. The first-order valence-corrected chi connectivity index (χ1v) is 6.93. The molecule has 0 aromatic heterocycles. The third-order valence-corrected chi connectivity index (χ3v) is 3.64. The molecule has 1 saturated heterocycles. The number of hydrogen-bond donors (Lipinski definition) is 1. The van der Waals surface area contributed by atoms with Crippen molar-refractivity contribution in [1.29, 1.82) is 0 Å². The van der Waals surface area contributed by atoms with Gasteiger partial charge >= 0.3 is 0 Å². The van der Waals surface area contributed by atoms with Crippen molar-refractivity contribution in [3.05, 3.63) is 29.3 Å². The second kappa shape index (κ2) is 6.06. The highest BCUT2D eigenvalue weighted by Crippen LogP contribution is 2.18. The number of carbonyl (C=O) groups is 1. The molecule has 0 saturated carbocycles. The second-order valence-electron chi connectivity index (χ2n) is 5.13. The topological polar surface area (TPSA) is 43.8 Å². The van der Waals surface area contributed by atoms with Crippen LogP contribution in [-0.4, -0.2) is 53.5 Å². The Morgan fingerprint density at radius 3 is 2.53 bits per heavy atom. The van der Waals surface area contributed by atoms with E-state index >= 15 is 0 Å². The van der Waals surface area contributed by atoms with Crippen LogP contribution in [0.25, 0.3) is 0 Å². The Hall–Kier alpha value is -1.55. The van der Waals surface area contributed by atoms with Crippen LogP contribution in [0.2, 0.25) is 0 Å². The number of nitrogens with zero attached hydrogens (tertiary/aromatic N) is 2. The smallest absolute Gasteiger partial charge is 0.254 e. The Balaban J connectivity index is 2.01. The molecule has 1 N–H and O–H groups in total. The molecule has 0 unspecified atom stereocenters. The quantitative estimate of drug-likeness (QED) is 0.904. The number of benzene rings is 1. The van der Waals surface area contributed by atoms with Crippen LogP contribution in [0.15, 0.2) is 18.2 Å². The number of phenolic OH excluding ortho intramolecular Hbond substituents is 1. The van der Waals surface area contributed by atoms with Gasteiger partial charge in [-0.3, -0.25) is 9.69 Å². The lowest BCUT2D eigenvalue weighted by atomic mass is 10.1. The molecule has 104 valence electrons. The van der Waals surface area contributed by atoms with Crippen molar-refractivity contribution < 1.29 is 9.90 Å². The number of piperazine rings is 1. The fourth-order valence-electron chi connectivity index (χ4n) is 2.55. The van der Waals surface area contributed by atoms with Gasteiger partial charge in [0.2, 0.25) is 0 Å². The summed E-state index contributed by atoms with van der Waals surface area (Å²) < 4.78 is 0. The van der Waals surface area contributed by atoms with Gasteiger partial charge in [-0.1, -0.05) is 6.92 Å². The van der Waals surface area contributed by atoms with Crippen LogP contribution in [0.5, 0.6) is 5.75 Å². The molecule has 1 heterocycles. The summed E-state index contributed by atoms with van der Waals surface area (Å²) in [6, 6.07) is 4.93. The van der Waals surface area contributed by atoms with Gasteiger partial charge in [0.1, 0.15) is 5.75 Å². The third-order valence-electron chi connectivity index (χ3n) is 3.64. The molecule has 4 nitrogen and oxygen atoms in total. The Morgan fingerprint density at radius 2 is 1.95 bits per heavy atom. The van der Waals surface area contributed by atoms with Crippen LogP contribution in [0.3, 0.4) is 0 Å². The van der Waals surface area contributed by atoms with Crippen LogP contribution in [0, 0.1) is 6.92 Å². The van der Waals surface area contributed by atoms with Gasteiger partial charge in [-0.15, -0.1) is 0 Å². The van der Waals surface area contributed by atoms with Crippen molar-refractivity contribution in [1.82, 2.24) is 9.80 Å². The number of rotatable bonds is 3. The van der Waals surface area contributed by atoms with E-state index in [4.69, 9.17) is 0 Å². The highest BCUT2D eigenvalue weighted by atomic mass is 16.3. The normalized spacial score (nSPS) is 16.6. The maximum Gasteiger partial charge on any atom is 0.254 e. The van der Waals surface area contributed by atoms with E-state index in [1.54, 1.807) is 18.2 Å². The molecule has 1 aromatic carbocycles. The van der Waals surface area contributed by atoms with Crippen LogP contribution >= 0.6 is 0 Å². The van der Waals surface area contributed by atoms with E-state index in [-0.39, 0.29) is 11.7 Å². The standard InChI is InChI=1S/C15H22N2O2/c1-3-6-16-7-9-17(10-8-16)15(19)14-5-4-13(18)11-12(14)2/h4-5,11,18H,3,6-10H2,1-2H3. The Labute approximate surface area is 114 Å². The van der Waals surface area contributed by atoms with Gasteiger partial charge in [-0.25, -0.2) is 0 Å². The number of aromatic hydroxyl groups is 1. The van der Waals surface area contributed by atoms with Crippen molar-refractivity contribution in [2.45, 2.75) is 20.3 Å².